The molecule has 4 atom stereocenters. The molecule has 94 valence electrons. The van der Waals surface area contributed by atoms with Gasteiger partial charge in [0.2, 0.25) is 0 Å². The number of nitrogens with one attached hydrogen (secondary N) is 1. The lowest BCUT2D eigenvalue weighted by Crippen LogP contribution is -2.37. The molecular weight excluding hydrogens is 194 g/mol. The molecule has 2 fully saturated rings. The summed E-state index contributed by atoms with van der Waals surface area (Å²) in [7, 11) is 0. The molecule has 0 aromatic heterocycles. The van der Waals surface area contributed by atoms with E-state index in [0.717, 1.165) is 23.8 Å². The molecular formula is C15H29N. The second-order valence-corrected chi connectivity index (χ2v) is 6.19. The van der Waals surface area contributed by atoms with Gasteiger partial charge in [-0.2, -0.15) is 0 Å². The van der Waals surface area contributed by atoms with E-state index in [1.54, 1.807) is 0 Å². The van der Waals surface area contributed by atoms with Crippen molar-refractivity contribution in [2.45, 2.75) is 71.3 Å². The second kappa shape index (κ2) is 6.05. The highest BCUT2D eigenvalue weighted by Crippen LogP contribution is 2.41. The van der Waals surface area contributed by atoms with Crippen LogP contribution in [0.15, 0.2) is 0 Å². The smallest absolute Gasteiger partial charge is 0.00979 e. The van der Waals surface area contributed by atoms with Crippen molar-refractivity contribution in [2.75, 3.05) is 6.54 Å². The van der Waals surface area contributed by atoms with Crippen molar-refractivity contribution in [1.82, 2.24) is 5.32 Å². The average molecular weight is 223 g/mol. The van der Waals surface area contributed by atoms with Crippen LogP contribution in [0.5, 0.6) is 0 Å². The van der Waals surface area contributed by atoms with E-state index in [-0.39, 0.29) is 0 Å². The Hall–Kier alpha value is -0.0400. The molecule has 0 saturated heterocycles. The summed E-state index contributed by atoms with van der Waals surface area (Å²) < 4.78 is 0. The Morgan fingerprint density at radius 2 is 1.88 bits per heavy atom. The van der Waals surface area contributed by atoms with Gasteiger partial charge in [0.25, 0.3) is 0 Å². The molecule has 0 aromatic carbocycles. The molecule has 0 aromatic rings. The number of rotatable bonds is 4. The van der Waals surface area contributed by atoms with Gasteiger partial charge in [-0.15, -0.1) is 0 Å². The average Bonchev–Trinajstić information content (AvgIpc) is 2.74. The lowest BCUT2D eigenvalue weighted by atomic mass is 9.74. The summed E-state index contributed by atoms with van der Waals surface area (Å²) in [4.78, 5) is 0. The maximum atomic E-state index is 3.79. The van der Waals surface area contributed by atoms with Gasteiger partial charge in [-0.3, -0.25) is 0 Å². The van der Waals surface area contributed by atoms with Crippen molar-refractivity contribution < 1.29 is 0 Å². The fourth-order valence-electron chi connectivity index (χ4n) is 4.01. The molecule has 0 spiro atoms. The Labute approximate surface area is 101 Å². The van der Waals surface area contributed by atoms with Crippen LogP contribution in [-0.4, -0.2) is 12.6 Å². The monoisotopic (exact) mass is 223 g/mol. The van der Waals surface area contributed by atoms with Crippen molar-refractivity contribution >= 4 is 0 Å². The van der Waals surface area contributed by atoms with Gasteiger partial charge in [0, 0.05) is 6.04 Å². The van der Waals surface area contributed by atoms with Crippen LogP contribution in [0, 0.1) is 17.8 Å². The highest BCUT2D eigenvalue weighted by atomic mass is 14.9. The molecule has 0 amide bonds. The predicted molar refractivity (Wildman–Crippen MR) is 70.5 cm³/mol. The lowest BCUT2D eigenvalue weighted by molar-refractivity contribution is 0.182. The molecule has 1 N–H and O–H groups in total. The van der Waals surface area contributed by atoms with Crippen LogP contribution in [0.3, 0.4) is 0 Å². The van der Waals surface area contributed by atoms with Gasteiger partial charge >= 0.3 is 0 Å². The normalized spacial score (nSPS) is 40.1. The van der Waals surface area contributed by atoms with Crippen LogP contribution in [0.2, 0.25) is 0 Å². The molecule has 0 heterocycles. The fourth-order valence-corrected chi connectivity index (χ4v) is 4.01. The van der Waals surface area contributed by atoms with Crippen LogP contribution in [-0.2, 0) is 0 Å². The summed E-state index contributed by atoms with van der Waals surface area (Å²) >= 11 is 0. The van der Waals surface area contributed by atoms with Gasteiger partial charge in [0.1, 0.15) is 0 Å². The van der Waals surface area contributed by atoms with Crippen molar-refractivity contribution in [3.05, 3.63) is 0 Å². The molecule has 4 unspecified atom stereocenters. The van der Waals surface area contributed by atoms with E-state index in [1.165, 1.54) is 57.9 Å². The Balaban J connectivity index is 1.86. The maximum absolute atomic E-state index is 3.79. The topological polar surface area (TPSA) is 12.0 Å². The molecule has 0 radical (unpaired) electrons. The summed E-state index contributed by atoms with van der Waals surface area (Å²) in [5, 5.41) is 3.79. The number of hydrogen-bond acceptors (Lipinski definition) is 1. The van der Waals surface area contributed by atoms with Crippen LogP contribution in [0.1, 0.15) is 65.2 Å². The van der Waals surface area contributed by atoms with E-state index >= 15 is 0 Å². The highest BCUT2D eigenvalue weighted by molar-refractivity contribution is 4.89. The summed E-state index contributed by atoms with van der Waals surface area (Å²) in [5.74, 6) is 3.04. The van der Waals surface area contributed by atoms with Crippen LogP contribution < -0.4 is 5.32 Å². The first-order valence-corrected chi connectivity index (χ1v) is 7.54. The molecule has 2 saturated carbocycles. The third-order valence-electron chi connectivity index (χ3n) is 4.81. The molecule has 16 heavy (non-hydrogen) atoms. The standard InChI is InChI=1S/C15H29N/c1-3-10-16-15-9-5-8-14(15)13-7-4-6-12(2)11-13/h12-16H,3-11H2,1-2H3. The first-order valence-electron chi connectivity index (χ1n) is 7.54. The van der Waals surface area contributed by atoms with Crippen LogP contribution >= 0.6 is 0 Å². The first kappa shape index (κ1) is 12.4. The molecule has 2 aliphatic rings. The van der Waals surface area contributed by atoms with Crippen molar-refractivity contribution in [2.24, 2.45) is 17.8 Å². The zero-order valence-corrected chi connectivity index (χ0v) is 11.2. The van der Waals surface area contributed by atoms with Crippen molar-refractivity contribution in [1.29, 1.82) is 0 Å². The Kier molecular flexibility index (Phi) is 4.69. The largest absolute Gasteiger partial charge is 0.314 e. The van der Waals surface area contributed by atoms with E-state index in [1.807, 2.05) is 0 Å². The second-order valence-electron chi connectivity index (χ2n) is 6.19. The molecule has 2 aliphatic carbocycles. The fraction of sp³-hybridized carbons (Fsp3) is 1.00. The Morgan fingerprint density at radius 3 is 2.62 bits per heavy atom. The van der Waals surface area contributed by atoms with Gasteiger partial charge in [0.05, 0.1) is 0 Å². The summed E-state index contributed by atoms with van der Waals surface area (Å²) in [6.07, 6.45) is 11.7. The first-order chi connectivity index (χ1) is 7.81. The minimum Gasteiger partial charge on any atom is -0.314 e. The summed E-state index contributed by atoms with van der Waals surface area (Å²) in [5.41, 5.74) is 0. The predicted octanol–water partition coefficient (Wildman–Crippen LogP) is 3.98. The zero-order valence-electron chi connectivity index (χ0n) is 11.2. The van der Waals surface area contributed by atoms with Crippen LogP contribution in [0.4, 0.5) is 0 Å². The highest BCUT2D eigenvalue weighted by Gasteiger charge is 2.34. The number of hydrogen-bond donors (Lipinski definition) is 1. The van der Waals surface area contributed by atoms with E-state index in [0.29, 0.717) is 0 Å². The molecule has 0 bridgehead atoms. The summed E-state index contributed by atoms with van der Waals surface area (Å²) in [6, 6.07) is 0.857. The summed E-state index contributed by atoms with van der Waals surface area (Å²) in [6.45, 7) is 5.96. The maximum Gasteiger partial charge on any atom is 0.00979 e. The zero-order chi connectivity index (χ0) is 11.4. The molecule has 1 nitrogen and oxygen atoms in total. The third-order valence-corrected chi connectivity index (χ3v) is 4.81. The van der Waals surface area contributed by atoms with Gasteiger partial charge < -0.3 is 5.32 Å². The minimum atomic E-state index is 0.857. The van der Waals surface area contributed by atoms with Crippen molar-refractivity contribution in [3.8, 4) is 0 Å². The van der Waals surface area contributed by atoms with Gasteiger partial charge in [-0.05, 0) is 50.0 Å². The molecule has 1 heteroatoms. The minimum absolute atomic E-state index is 0.857. The third kappa shape index (κ3) is 3.00. The SMILES string of the molecule is CCCNC1CCCC1C1CCCC(C)C1. The van der Waals surface area contributed by atoms with Gasteiger partial charge in [-0.25, -0.2) is 0 Å². The quantitative estimate of drug-likeness (QED) is 0.760. The molecule has 2 rings (SSSR count). The Morgan fingerprint density at radius 1 is 1.06 bits per heavy atom. The van der Waals surface area contributed by atoms with Crippen LogP contribution in [0.25, 0.3) is 0 Å². The van der Waals surface area contributed by atoms with Gasteiger partial charge in [0.15, 0.2) is 0 Å². The van der Waals surface area contributed by atoms with Crippen molar-refractivity contribution in [3.63, 3.8) is 0 Å². The lowest BCUT2D eigenvalue weighted by Gasteiger charge is -2.34. The van der Waals surface area contributed by atoms with Gasteiger partial charge in [-0.1, -0.05) is 39.5 Å². The van der Waals surface area contributed by atoms with E-state index in [9.17, 15) is 0 Å². The van der Waals surface area contributed by atoms with E-state index in [4.69, 9.17) is 0 Å². The van der Waals surface area contributed by atoms with E-state index in [2.05, 4.69) is 19.2 Å². The van der Waals surface area contributed by atoms with E-state index < -0.39 is 0 Å². The Bertz CT molecular complexity index is 202. The molecule has 0 aliphatic heterocycles.